The molecule has 1 unspecified atom stereocenters. The zero-order chi connectivity index (χ0) is 13.6. The van der Waals surface area contributed by atoms with Crippen molar-refractivity contribution < 1.29 is 4.79 Å². The van der Waals surface area contributed by atoms with Crippen LogP contribution in [0.5, 0.6) is 0 Å². The minimum Gasteiger partial charge on any atom is -0.385 e. The average molecular weight is 257 g/mol. The van der Waals surface area contributed by atoms with Gasteiger partial charge < -0.3 is 10.6 Å². The van der Waals surface area contributed by atoms with Crippen molar-refractivity contribution in [3.05, 3.63) is 34.9 Å². The van der Waals surface area contributed by atoms with E-state index in [-0.39, 0.29) is 6.03 Å². The average Bonchev–Trinajstić information content (AvgIpc) is 2.85. The Labute approximate surface area is 113 Å². The number of fused-ring (bicyclic) bond motifs is 2. The molecule has 0 fully saturated rings. The number of aryl methyl sites for hydroxylation is 2. The summed E-state index contributed by atoms with van der Waals surface area (Å²) in [7, 11) is 0. The maximum Gasteiger partial charge on any atom is 0.346 e. The molecular formula is C15H19N3O. The number of nitrogens with two attached hydrogens (primary N) is 1. The van der Waals surface area contributed by atoms with Crippen molar-refractivity contribution >= 4 is 11.9 Å². The lowest BCUT2D eigenvalue weighted by Gasteiger charge is -2.35. The van der Waals surface area contributed by atoms with E-state index in [0.29, 0.717) is 12.4 Å². The predicted octanol–water partition coefficient (Wildman–Crippen LogP) is 2.34. The summed E-state index contributed by atoms with van der Waals surface area (Å²) >= 11 is 0. The molecule has 1 aliphatic heterocycles. The number of urea groups is 1. The molecule has 0 aromatic heterocycles. The fraction of sp³-hybridized carbons (Fsp3) is 0.467. The van der Waals surface area contributed by atoms with Crippen LogP contribution in [0, 0.1) is 6.92 Å². The maximum absolute atomic E-state index is 12.1. The number of hydrogen-bond donors (Lipinski definition) is 1. The van der Waals surface area contributed by atoms with Crippen LogP contribution in [-0.2, 0) is 12.0 Å². The van der Waals surface area contributed by atoms with Crippen LogP contribution in [0.1, 0.15) is 36.5 Å². The summed E-state index contributed by atoms with van der Waals surface area (Å²) in [4.78, 5) is 18.0. The van der Waals surface area contributed by atoms with Gasteiger partial charge in [0, 0.05) is 6.54 Å². The van der Waals surface area contributed by atoms with Crippen molar-refractivity contribution in [1.29, 1.82) is 0 Å². The number of benzene rings is 1. The van der Waals surface area contributed by atoms with E-state index in [0.717, 1.165) is 19.3 Å². The van der Waals surface area contributed by atoms with Crippen LogP contribution in [0.3, 0.4) is 0 Å². The minimum atomic E-state index is -0.478. The van der Waals surface area contributed by atoms with E-state index in [2.05, 4.69) is 37.0 Å². The van der Waals surface area contributed by atoms with E-state index in [9.17, 15) is 4.79 Å². The molecule has 4 heteroatoms. The van der Waals surface area contributed by atoms with Crippen LogP contribution in [-0.4, -0.2) is 23.3 Å². The Morgan fingerprint density at radius 1 is 1.47 bits per heavy atom. The van der Waals surface area contributed by atoms with Gasteiger partial charge in [-0.2, -0.15) is 4.99 Å². The zero-order valence-electron chi connectivity index (χ0n) is 11.4. The summed E-state index contributed by atoms with van der Waals surface area (Å²) in [6.07, 6.45) is 2.73. The number of aliphatic imine (C=N–C) groups is 1. The number of rotatable bonds is 2. The maximum atomic E-state index is 12.1. The molecule has 1 atom stereocenters. The van der Waals surface area contributed by atoms with Gasteiger partial charge in [0.1, 0.15) is 11.4 Å². The molecule has 2 N–H and O–H groups in total. The van der Waals surface area contributed by atoms with Crippen LogP contribution in [0.4, 0.5) is 4.79 Å². The highest BCUT2D eigenvalue weighted by atomic mass is 16.2. The van der Waals surface area contributed by atoms with Gasteiger partial charge in [0.2, 0.25) is 0 Å². The molecular weight excluding hydrogens is 238 g/mol. The normalized spacial score (nSPS) is 25.1. The third kappa shape index (κ3) is 1.52. The monoisotopic (exact) mass is 257 g/mol. The Bertz CT molecular complexity index is 579. The standard InChI is InChI=1S/C15H19N3O/c1-3-8-18-14(19)17-13(16)15(18)7-6-11-5-4-10(2)9-12(11)15/h4-5,9H,3,6-8H2,1-2H3,(H2,16,17,19). The molecule has 4 nitrogen and oxygen atoms in total. The fourth-order valence-corrected chi connectivity index (χ4v) is 3.36. The molecule has 1 aromatic rings. The second-order valence-electron chi connectivity index (χ2n) is 5.45. The van der Waals surface area contributed by atoms with Gasteiger partial charge in [0.15, 0.2) is 0 Å². The topological polar surface area (TPSA) is 58.7 Å². The summed E-state index contributed by atoms with van der Waals surface area (Å²) in [5.41, 5.74) is 9.32. The van der Waals surface area contributed by atoms with Gasteiger partial charge in [-0.3, -0.25) is 0 Å². The molecule has 1 aliphatic carbocycles. The quantitative estimate of drug-likeness (QED) is 0.884. The molecule has 3 rings (SSSR count). The van der Waals surface area contributed by atoms with Crippen molar-refractivity contribution in [3.8, 4) is 0 Å². The van der Waals surface area contributed by atoms with E-state index in [1.807, 2.05) is 4.90 Å². The van der Waals surface area contributed by atoms with Crippen LogP contribution in [0.2, 0.25) is 0 Å². The van der Waals surface area contributed by atoms with Gasteiger partial charge in [-0.05, 0) is 37.3 Å². The molecule has 1 aromatic carbocycles. The highest BCUT2D eigenvalue weighted by Gasteiger charge is 2.52. The Hall–Kier alpha value is -1.84. The van der Waals surface area contributed by atoms with Crippen LogP contribution < -0.4 is 5.73 Å². The first-order chi connectivity index (χ1) is 9.09. The molecule has 2 amide bonds. The zero-order valence-corrected chi connectivity index (χ0v) is 11.4. The van der Waals surface area contributed by atoms with E-state index in [1.54, 1.807) is 0 Å². The van der Waals surface area contributed by atoms with Crippen molar-refractivity contribution in [2.75, 3.05) is 6.54 Å². The lowest BCUT2D eigenvalue weighted by atomic mass is 9.88. The second kappa shape index (κ2) is 4.08. The number of amides is 2. The Kier molecular flexibility index (Phi) is 2.62. The number of carbonyl (C=O) groups excluding carboxylic acids is 1. The predicted molar refractivity (Wildman–Crippen MR) is 75.2 cm³/mol. The van der Waals surface area contributed by atoms with Gasteiger partial charge in [0.25, 0.3) is 0 Å². The van der Waals surface area contributed by atoms with Crippen LogP contribution in [0.15, 0.2) is 23.2 Å². The Morgan fingerprint density at radius 3 is 3.00 bits per heavy atom. The van der Waals surface area contributed by atoms with Gasteiger partial charge >= 0.3 is 6.03 Å². The Morgan fingerprint density at radius 2 is 2.26 bits per heavy atom. The Balaban J connectivity index is 2.16. The van der Waals surface area contributed by atoms with E-state index >= 15 is 0 Å². The highest BCUT2D eigenvalue weighted by molar-refractivity contribution is 6.07. The minimum absolute atomic E-state index is 0.186. The lowest BCUT2D eigenvalue weighted by molar-refractivity contribution is 0.170. The van der Waals surface area contributed by atoms with E-state index in [1.165, 1.54) is 16.7 Å². The third-order valence-electron chi connectivity index (χ3n) is 4.25. The number of hydrogen-bond acceptors (Lipinski definition) is 2. The summed E-state index contributed by atoms with van der Waals surface area (Å²) in [6, 6.07) is 6.24. The number of carbonyl (C=O) groups is 1. The first kappa shape index (κ1) is 12.2. The molecule has 2 aliphatic rings. The summed E-state index contributed by atoms with van der Waals surface area (Å²) in [5.74, 6) is 0.468. The second-order valence-corrected chi connectivity index (χ2v) is 5.45. The third-order valence-corrected chi connectivity index (χ3v) is 4.25. The summed E-state index contributed by atoms with van der Waals surface area (Å²) in [5, 5.41) is 0. The molecule has 0 saturated carbocycles. The molecule has 0 radical (unpaired) electrons. The van der Waals surface area contributed by atoms with Gasteiger partial charge in [-0.1, -0.05) is 30.7 Å². The number of nitrogens with zero attached hydrogens (tertiary/aromatic N) is 2. The molecule has 0 bridgehead atoms. The van der Waals surface area contributed by atoms with Gasteiger partial charge in [-0.15, -0.1) is 0 Å². The molecule has 19 heavy (non-hydrogen) atoms. The van der Waals surface area contributed by atoms with Crippen LogP contribution in [0.25, 0.3) is 0 Å². The molecule has 1 spiro atoms. The lowest BCUT2D eigenvalue weighted by Crippen LogP contribution is -2.50. The van der Waals surface area contributed by atoms with Crippen molar-refractivity contribution in [3.63, 3.8) is 0 Å². The van der Waals surface area contributed by atoms with Gasteiger partial charge in [0.05, 0.1) is 0 Å². The van der Waals surface area contributed by atoms with E-state index < -0.39 is 5.54 Å². The molecule has 0 saturated heterocycles. The van der Waals surface area contributed by atoms with E-state index in [4.69, 9.17) is 5.73 Å². The van der Waals surface area contributed by atoms with Crippen molar-refractivity contribution in [1.82, 2.24) is 4.90 Å². The van der Waals surface area contributed by atoms with Crippen molar-refractivity contribution in [2.24, 2.45) is 10.7 Å². The highest BCUT2D eigenvalue weighted by Crippen LogP contribution is 2.45. The van der Waals surface area contributed by atoms with Gasteiger partial charge in [-0.25, -0.2) is 4.79 Å². The first-order valence-electron chi connectivity index (χ1n) is 6.86. The smallest absolute Gasteiger partial charge is 0.346 e. The largest absolute Gasteiger partial charge is 0.385 e. The molecule has 100 valence electrons. The fourth-order valence-electron chi connectivity index (χ4n) is 3.36. The first-order valence-corrected chi connectivity index (χ1v) is 6.86. The SMILES string of the molecule is CCCN1C(=O)N=C(N)C12CCc1ccc(C)cc12. The summed E-state index contributed by atoms with van der Waals surface area (Å²) in [6.45, 7) is 4.85. The number of amidine groups is 1. The summed E-state index contributed by atoms with van der Waals surface area (Å²) < 4.78 is 0. The molecule has 1 heterocycles. The van der Waals surface area contributed by atoms with Crippen LogP contribution >= 0.6 is 0 Å². The van der Waals surface area contributed by atoms with Crippen molar-refractivity contribution in [2.45, 2.75) is 38.6 Å².